The highest BCUT2D eigenvalue weighted by molar-refractivity contribution is 5.94. The number of nitrogens with one attached hydrogen (secondary N) is 2. The molecule has 8 heteroatoms. The van der Waals surface area contributed by atoms with Crippen LogP contribution in [0.25, 0.3) is 0 Å². The number of carboxylic acid groups (broad SMARTS) is 1. The summed E-state index contributed by atoms with van der Waals surface area (Å²) < 4.78 is 6.84. The SMILES string of the molecule is C[C@H](CCC(=O)O)NC(=O)c1cc[n+](COC(=O)N[C@@H](C)Cc2ccccc2)cc1. The molecule has 0 unspecified atom stereocenters. The quantitative estimate of drug-likeness (QED) is 0.517. The van der Waals surface area contributed by atoms with Crippen molar-refractivity contribution in [3.05, 3.63) is 66.0 Å². The molecule has 0 spiro atoms. The molecule has 30 heavy (non-hydrogen) atoms. The van der Waals surface area contributed by atoms with Crippen molar-refractivity contribution < 1.29 is 28.8 Å². The molecule has 8 nitrogen and oxygen atoms in total. The topological polar surface area (TPSA) is 109 Å². The molecule has 0 fully saturated rings. The van der Waals surface area contributed by atoms with E-state index in [9.17, 15) is 14.4 Å². The summed E-state index contributed by atoms with van der Waals surface area (Å²) in [7, 11) is 0. The van der Waals surface area contributed by atoms with E-state index in [-0.39, 0.29) is 31.1 Å². The third-order valence-corrected chi connectivity index (χ3v) is 4.42. The summed E-state index contributed by atoms with van der Waals surface area (Å²) in [6, 6.07) is 12.8. The Morgan fingerprint density at radius 3 is 2.30 bits per heavy atom. The van der Waals surface area contributed by atoms with Gasteiger partial charge in [-0.1, -0.05) is 30.3 Å². The number of rotatable bonds is 10. The van der Waals surface area contributed by atoms with Crippen molar-refractivity contribution in [1.82, 2.24) is 10.6 Å². The van der Waals surface area contributed by atoms with Gasteiger partial charge in [0.15, 0.2) is 12.4 Å². The summed E-state index contributed by atoms with van der Waals surface area (Å²) in [5, 5.41) is 14.2. The molecule has 0 aliphatic carbocycles. The largest absolute Gasteiger partial charge is 0.481 e. The van der Waals surface area contributed by atoms with Gasteiger partial charge in [-0.25, -0.2) is 4.79 Å². The summed E-state index contributed by atoms with van der Waals surface area (Å²) in [6.07, 6.45) is 3.83. The number of pyridine rings is 1. The molecule has 0 saturated carbocycles. The second kappa shape index (κ2) is 11.5. The Morgan fingerprint density at radius 1 is 1.00 bits per heavy atom. The number of hydrogen-bond donors (Lipinski definition) is 3. The molecule has 3 N–H and O–H groups in total. The van der Waals surface area contributed by atoms with Gasteiger partial charge in [0.05, 0.1) is 5.56 Å². The number of alkyl carbamates (subject to hydrolysis) is 1. The first-order valence-electron chi connectivity index (χ1n) is 9.82. The fourth-order valence-electron chi connectivity index (χ4n) is 2.81. The minimum absolute atomic E-state index is 0.000392. The molecule has 2 rings (SSSR count). The Bertz CT molecular complexity index is 840. The van der Waals surface area contributed by atoms with Gasteiger partial charge in [-0.3, -0.25) is 9.59 Å². The molecule has 0 aliphatic heterocycles. The van der Waals surface area contributed by atoms with Gasteiger partial charge < -0.3 is 20.5 Å². The zero-order valence-corrected chi connectivity index (χ0v) is 17.2. The molecule has 1 aromatic heterocycles. The maximum atomic E-state index is 12.2. The summed E-state index contributed by atoms with van der Waals surface area (Å²) in [5.41, 5.74) is 1.57. The monoisotopic (exact) mass is 414 g/mol. The van der Waals surface area contributed by atoms with Crippen LogP contribution in [-0.2, 0) is 22.7 Å². The first-order valence-corrected chi connectivity index (χ1v) is 9.82. The molecular formula is C22H28N3O5+. The van der Waals surface area contributed by atoms with E-state index in [1.165, 1.54) is 0 Å². The van der Waals surface area contributed by atoms with Crippen molar-refractivity contribution in [2.75, 3.05) is 0 Å². The zero-order chi connectivity index (χ0) is 21.9. The van der Waals surface area contributed by atoms with E-state index >= 15 is 0 Å². The van der Waals surface area contributed by atoms with Crippen LogP contribution in [0.15, 0.2) is 54.9 Å². The average molecular weight is 414 g/mol. The average Bonchev–Trinajstić information content (AvgIpc) is 2.71. The molecule has 0 aliphatic rings. The number of aliphatic carboxylic acids is 1. The third kappa shape index (κ3) is 8.30. The van der Waals surface area contributed by atoms with Crippen molar-refractivity contribution in [2.24, 2.45) is 0 Å². The van der Waals surface area contributed by atoms with Crippen LogP contribution in [-0.4, -0.2) is 35.2 Å². The van der Waals surface area contributed by atoms with Crippen molar-refractivity contribution >= 4 is 18.0 Å². The Balaban J connectivity index is 1.75. The van der Waals surface area contributed by atoms with Crippen LogP contribution in [0.2, 0.25) is 0 Å². The van der Waals surface area contributed by atoms with Gasteiger partial charge in [-0.2, -0.15) is 4.57 Å². The van der Waals surface area contributed by atoms with E-state index in [1.54, 1.807) is 36.0 Å². The fraction of sp³-hybridized carbons (Fsp3) is 0.364. The number of ether oxygens (including phenoxy) is 1. The Labute approximate surface area is 175 Å². The molecule has 1 heterocycles. The third-order valence-electron chi connectivity index (χ3n) is 4.42. The lowest BCUT2D eigenvalue weighted by Crippen LogP contribution is -2.41. The van der Waals surface area contributed by atoms with Crippen molar-refractivity contribution in [2.45, 2.75) is 51.9 Å². The zero-order valence-electron chi connectivity index (χ0n) is 17.2. The molecule has 1 aromatic carbocycles. The molecule has 0 bridgehead atoms. The number of carbonyl (C=O) groups excluding carboxylic acids is 2. The van der Waals surface area contributed by atoms with Gasteiger partial charge in [0, 0.05) is 30.6 Å². The molecule has 2 amide bonds. The minimum atomic E-state index is -0.893. The summed E-state index contributed by atoms with van der Waals surface area (Å²) >= 11 is 0. The van der Waals surface area contributed by atoms with Gasteiger partial charge in [-0.15, -0.1) is 0 Å². The van der Waals surface area contributed by atoms with E-state index < -0.39 is 12.1 Å². The number of hydrogen-bond acceptors (Lipinski definition) is 4. The van der Waals surface area contributed by atoms with Crippen LogP contribution >= 0.6 is 0 Å². The molecule has 0 radical (unpaired) electrons. The Kier molecular flexibility index (Phi) is 8.80. The highest BCUT2D eigenvalue weighted by atomic mass is 16.6. The van der Waals surface area contributed by atoms with Gasteiger partial charge in [0.1, 0.15) is 0 Å². The van der Waals surface area contributed by atoms with Crippen LogP contribution < -0.4 is 15.2 Å². The standard InChI is InChI=1S/C22H27N3O5/c1-16(8-9-20(26)27)23-21(28)19-10-12-25(13-11-19)15-30-22(29)24-17(2)14-18-6-4-3-5-7-18/h3-7,10-13,16-17H,8-9,14-15H2,1-2H3,(H2-,23,24,26,27,28,29)/p+1/t16-,17+/m1/s1. The van der Waals surface area contributed by atoms with Crippen molar-refractivity contribution in [1.29, 1.82) is 0 Å². The first-order chi connectivity index (χ1) is 14.3. The van der Waals surface area contributed by atoms with Gasteiger partial charge in [0.25, 0.3) is 12.6 Å². The Morgan fingerprint density at radius 2 is 1.67 bits per heavy atom. The predicted molar refractivity (Wildman–Crippen MR) is 110 cm³/mol. The van der Waals surface area contributed by atoms with E-state index in [4.69, 9.17) is 9.84 Å². The van der Waals surface area contributed by atoms with Crippen molar-refractivity contribution in [3.63, 3.8) is 0 Å². The van der Waals surface area contributed by atoms with Crippen LogP contribution in [0.4, 0.5) is 4.79 Å². The number of carbonyl (C=O) groups is 3. The summed E-state index contributed by atoms with van der Waals surface area (Å²) in [4.78, 5) is 34.7. The summed E-state index contributed by atoms with van der Waals surface area (Å²) in [6.45, 7) is 3.68. The highest BCUT2D eigenvalue weighted by Crippen LogP contribution is 2.03. The van der Waals surface area contributed by atoms with E-state index in [0.717, 1.165) is 5.56 Å². The number of nitrogens with zero attached hydrogens (tertiary/aromatic N) is 1. The number of carboxylic acids is 1. The number of amides is 2. The predicted octanol–water partition coefficient (Wildman–Crippen LogP) is 2.27. The van der Waals surface area contributed by atoms with E-state index in [1.807, 2.05) is 37.3 Å². The maximum absolute atomic E-state index is 12.2. The van der Waals surface area contributed by atoms with E-state index in [0.29, 0.717) is 18.4 Å². The van der Waals surface area contributed by atoms with Gasteiger partial charge in [0.2, 0.25) is 0 Å². The normalized spacial score (nSPS) is 12.5. The minimum Gasteiger partial charge on any atom is -0.481 e. The summed E-state index contributed by atoms with van der Waals surface area (Å²) in [5.74, 6) is -1.18. The van der Waals surface area contributed by atoms with Crippen LogP contribution in [0.5, 0.6) is 0 Å². The lowest BCUT2D eigenvalue weighted by Gasteiger charge is -2.13. The lowest BCUT2D eigenvalue weighted by molar-refractivity contribution is -0.727. The lowest BCUT2D eigenvalue weighted by atomic mass is 10.1. The first kappa shape index (κ1) is 22.9. The molecule has 2 aromatic rings. The number of benzene rings is 1. The highest BCUT2D eigenvalue weighted by Gasteiger charge is 2.14. The van der Waals surface area contributed by atoms with Crippen LogP contribution in [0.3, 0.4) is 0 Å². The molecule has 2 atom stereocenters. The molecular weight excluding hydrogens is 386 g/mol. The van der Waals surface area contributed by atoms with E-state index in [2.05, 4.69) is 10.6 Å². The van der Waals surface area contributed by atoms with Gasteiger partial charge >= 0.3 is 12.1 Å². The second-order valence-electron chi connectivity index (χ2n) is 7.20. The molecule has 0 saturated heterocycles. The van der Waals surface area contributed by atoms with Crippen LogP contribution in [0, 0.1) is 0 Å². The van der Waals surface area contributed by atoms with Gasteiger partial charge in [-0.05, 0) is 32.3 Å². The van der Waals surface area contributed by atoms with Crippen molar-refractivity contribution in [3.8, 4) is 0 Å². The van der Waals surface area contributed by atoms with Crippen LogP contribution in [0.1, 0.15) is 42.6 Å². The number of aromatic nitrogens is 1. The smallest absolute Gasteiger partial charge is 0.412 e. The maximum Gasteiger partial charge on any atom is 0.412 e. The fourth-order valence-corrected chi connectivity index (χ4v) is 2.81. The second-order valence-corrected chi connectivity index (χ2v) is 7.20. The molecule has 160 valence electrons. The Hall–Kier alpha value is -3.42.